The molecule has 0 aliphatic carbocycles. The summed E-state index contributed by atoms with van der Waals surface area (Å²) in [7, 11) is 0. The number of aliphatic carboxylic acids is 1. The third kappa shape index (κ3) is 2.58. The van der Waals surface area contributed by atoms with Crippen molar-refractivity contribution in [2.45, 2.75) is 26.3 Å². The molecule has 0 radical (unpaired) electrons. The van der Waals surface area contributed by atoms with Gasteiger partial charge in [-0.05, 0) is 18.4 Å². The second-order valence-corrected chi connectivity index (χ2v) is 5.77. The minimum Gasteiger partial charge on any atom is -0.481 e. The molecule has 1 aliphatic heterocycles. The third-order valence-corrected chi connectivity index (χ3v) is 4.64. The summed E-state index contributed by atoms with van der Waals surface area (Å²) in [5, 5.41) is 9.63. The molecule has 3 atom stereocenters. The van der Waals surface area contributed by atoms with Crippen LogP contribution in [-0.2, 0) is 9.59 Å². The van der Waals surface area contributed by atoms with Crippen LogP contribution in [0.4, 0.5) is 0 Å². The Morgan fingerprint density at radius 1 is 1.38 bits per heavy atom. The molecule has 1 aromatic rings. The molecule has 1 fully saturated rings. The number of nitrogens with zero attached hydrogens (tertiary/aromatic N) is 1. The maximum Gasteiger partial charge on any atom is 0.312 e. The normalized spacial score (nSPS) is 24.7. The molecule has 1 aliphatic rings. The molecule has 21 heavy (non-hydrogen) atoms. The SMILES string of the molecule is C=CC(C)C1(C(=O)O)CC(=O)N([C@@H](C)c2ccccc2)C1. The van der Waals surface area contributed by atoms with Gasteiger partial charge in [-0.15, -0.1) is 6.58 Å². The predicted molar refractivity (Wildman–Crippen MR) is 80.6 cm³/mol. The zero-order valence-electron chi connectivity index (χ0n) is 12.5. The van der Waals surface area contributed by atoms with Gasteiger partial charge >= 0.3 is 5.97 Å². The van der Waals surface area contributed by atoms with Crippen molar-refractivity contribution in [1.29, 1.82) is 0 Å². The van der Waals surface area contributed by atoms with Gasteiger partial charge in [0.05, 0.1) is 6.04 Å². The van der Waals surface area contributed by atoms with E-state index in [9.17, 15) is 14.7 Å². The molecular formula is C17H21NO3. The first-order chi connectivity index (χ1) is 9.92. The predicted octanol–water partition coefficient (Wildman–Crippen LogP) is 2.87. The summed E-state index contributed by atoms with van der Waals surface area (Å²) >= 11 is 0. The lowest BCUT2D eigenvalue weighted by Gasteiger charge is -2.31. The van der Waals surface area contributed by atoms with Crippen LogP contribution >= 0.6 is 0 Å². The van der Waals surface area contributed by atoms with E-state index in [1.165, 1.54) is 0 Å². The van der Waals surface area contributed by atoms with Gasteiger partial charge in [0.15, 0.2) is 0 Å². The minimum atomic E-state index is -1.07. The van der Waals surface area contributed by atoms with Crippen molar-refractivity contribution < 1.29 is 14.7 Å². The van der Waals surface area contributed by atoms with E-state index in [0.717, 1.165) is 5.56 Å². The minimum absolute atomic E-state index is 0.0344. The standard InChI is InChI=1S/C17H21NO3/c1-4-12(2)17(16(20)21)10-15(19)18(11-17)13(3)14-8-6-5-7-9-14/h4-9,12-13H,1,10-11H2,2-3H3,(H,20,21)/t12?,13-,17?/m0/s1. The Kier molecular flexibility index (Phi) is 4.16. The van der Waals surface area contributed by atoms with Gasteiger partial charge in [-0.3, -0.25) is 9.59 Å². The summed E-state index contributed by atoms with van der Waals surface area (Å²) in [6.45, 7) is 7.66. The molecule has 0 aromatic heterocycles. The van der Waals surface area contributed by atoms with E-state index in [1.807, 2.05) is 44.2 Å². The van der Waals surface area contributed by atoms with E-state index in [4.69, 9.17) is 0 Å². The van der Waals surface area contributed by atoms with Crippen LogP contribution < -0.4 is 0 Å². The number of likely N-dealkylation sites (tertiary alicyclic amines) is 1. The highest BCUT2D eigenvalue weighted by atomic mass is 16.4. The molecule has 0 spiro atoms. The average Bonchev–Trinajstić information content (AvgIpc) is 2.85. The molecule has 1 N–H and O–H groups in total. The lowest BCUT2D eigenvalue weighted by atomic mass is 9.75. The molecule has 2 unspecified atom stereocenters. The number of amides is 1. The zero-order chi connectivity index (χ0) is 15.6. The Morgan fingerprint density at radius 3 is 2.52 bits per heavy atom. The molecular weight excluding hydrogens is 266 g/mol. The van der Waals surface area contributed by atoms with Crippen molar-refractivity contribution >= 4 is 11.9 Å². The number of carboxylic acids is 1. The largest absolute Gasteiger partial charge is 0.481 e. The van der Waals surface area contributed by atoms with Gasteiger partial charge in [-0.25, -0.2) is 0 Å². The van der Waals surface area contributed by atoms with Crippen LogP contribution in [0, 0.1) is 11.3 Å². The van der Waals surface area contributed by atoms with E-state index in [-0.39, 0.29) is 30.8 Å². The van der Waals surface area contributed by atoms with E-state index in [2.05, 4.69) is 6.58 Å². The number of carbonyl (C=O) groups is 2. The van der Waals surface area contributed by atoms with Gasteiger partial charge in [0.2, 0.25) is 5.91 Å². The maximum atomic E-state index is 12.4. The molecule has 0 saturated carbocycles. The number of carbonyl (C=O) groups excluding carboxylic acids is 1. The van der Waals surface area contributed by atoms with E-state index < -0.39 is 11.4 Å². The molecule has 112 valence electrons. The Labute approximate surface area is 125 Å². The summed E-state index contributed by atoms with van der Waals surface area (Å²) in [5.41, 5.74) is -0.0553. The van der Waals surface area contributed by atoms with Crippen LogP contribution in [0.1, 0.15) is 31.9 Å². The number of benzene rings is 1. The summed E-state index contributed by atoms with van der Waals surface area (Å²) in [5.74, 6) is -1.29. The van der Waals surface area contributed by atoms with Gasteiger partial charge < -0.3 is 10.0 Å². The monoisotopic (exact) mass is 287 g/mol. The van der Waals surface area contributed by atoms with Crippen LogP contribution in [-0.4, -0.2) is 28.4 Å². The molecule has 1 aromatic carbocycles. The molecule has 4 heteroatoms. The maximum absolute atomic E-state index is 12.4. The third-order valence-electron chi connectivity index (χ3n) is 4.64. The van der Waals surface area contributed by atoms with E-state index >= 15 is 0 Å². The molecule has 1 heterocycles. The average molecular weight is 287 g/mol. The lowest BCUT2D eigenvalue weighted by molar-refractivity contribution is -0.150. The Balaban J connectivity index is 2.30. The van der Waals surface area contributed by atoms with Gasteiger partial charge in [0.1, 0.15) is 5.41 Å². The summed E-state index contributed by atoms with van der Waals surface area (Å²) < 4.78 is 0. The van der Waals surface area contributed by atoms with Crippen LogP contribution in [0.3, 0.4) is 0 Å². The molecule has 1 saturated heterocycles. The van der Waals surface area contributed by atoms with Crippen molar-refractivity contribution in [3.8, 4) is 0 Å². The van der Waals surface area contributed by atoms with Crippen LogP contribution in [0.25, 0.3) is 0 Å². The number of carboxylic acid groups (broad SMARTS) is 1. The second-order valence-electron chi connectivity index (χ2n) is 5.77. The van der Waals surface area contributed by atoms with Crippen LogP contribution in [0.5, 0.6) is 0 Å². The Morgan fingerprint density at radius 2 is 2.00 bits per heavy atom. The highest BCUT2D eigenvalue weighted by Crippen LogP contribution is 2.42. The summed E-state index contributed by atoms with van der Waals surface area (Å²) in [6, 6.07) is 9.54. The fourth-order valence-corrected chi connectivity index (χ4v) is 2.95. The molecule has 1 amide bonds. The van der Waals surface area contributed by atoms with E-state index in [0.29, 0.717) is 0 Å². The van der Waals surface area contributed by atoms with E-state index in [1.54, 1.807) is 11.0 Å². The number of allylic oxidation sites excluding steroid dienone is 1. The number of hydrogen-bond acceptors (Lipinski definition) is 2. The van der Waals surface area contributed by atoms with Gasteiger partial charge in [0.25, 0.3) is 0 Å². The fraction of sp³-hybridized carbons (Fsp3) is 0.412. The Hall–Kier alpha value is -2.10. The first kappa shape index (κ1) is 15.3. The fourth-order valence-electron chi connectivity index (χ4n) is 2.95. The number of hydrogen-bond donors (Lipinski definition) is 1. The van der Waals surface area contributed by atoms with Crippen LogP contribution in [0.2, 0.25) is 0 Å². The number of rotatable bonds is 5. The van der Waals surface area contributed by atoms with Crippen molar-refractivity contribution in [2.75, 3.05) is 6.54 Å². The zero-order valence-corrected chi connectivity index (χ0v) is 12.5. The second kappa shape index (κ2) is 5.72. The van der Waals surface area contributed by atoms with Crippen molar-refractivity contribution in [1.82, 2.24) is 4.90 Å². The summed E-state index contributed by atoms with van der Waals surface area (Å²) in [6.07, 6.45) is 1.66. The van der Waals surface area contributed by atoms with Gasteiger partial charge in [-0.2, -0.15) is 0 Å². The first-order valence-electron chi connectivity index (χ1n) is 7.12. The first-order valence-corrected chi connectivity index (χ1v) is 7.12. The van der Waals surface area contributed by atoms with Crippen molar-refractivity contribution in [3.05, 3.63) is 48.6 Å². The van der Waals surface area contributed by atoms with Crippen molar-refractivity contribution in [3.63, 3.8) is 0 Å². The quantitative estimate of drug-likeness (QED) is 0.847. The van der Waals surface area contributed by atoms with Gasteiger partial charge in [0, 0.05) is 13.0 Å². The molecule has 0 bridgehead atoms. The topological polar surface area (TPSA) is 57.6 Å². The highest BCUT2D eigenvalue weighted by molar-refractivity contribution is 5.89. The van der Waals surface area contributed by atoms with Gasteiger partial charge in [-0.1, -0.05) is 43.3 Å². The van der Waals surface area contributed by atoms with Crippen LogP contribution in [0.15, 0.2) is 43.0 Å². The molecule has 2 rings (SSSR count). The Bertz CT molecular complexity index is 554. The summed E-state index contributed by atoms with van der Waals surface area (Å²) in [4.78, 5) is 25.8. The smallest absolute Gasteiger partial charge is 0.312 e. The molecule has 4 nitrogen and oxygen atoms in total. The van der Waals surface area contributed by atoms with Crippen molar-refractivity contribution in [2.24, 2.45) is 11.3 Å². The highest BCUT2D eigenvalue weighted by Gasteiger charge is 2.52. The lowest BCUT2D eigenvalue weighted by Crippen LogP contribution is -2.40.